The molecule has 0 unspecified atom stereocenters. The predicted molar refractivity (Wildman–Crippen MR) is 136 cm³/mol. The van der Waals surface area contributed by atoms with E-state index in [1.807, 2.05) is 19.1 Å². The first-order valence-corrected chi connectivity index (χ1v) is 11.7. The number of aromatic nitrogens is 2. The number of amides is 1. The fourth-order valence-electron chi connectivity index (χ4n) is 3.65. The van der Waals surface area contributed by atoms with Gasteiger partial charge >= 0.3 is 5.97 Å². The number of esters is 1. The lowest BCUT2D eigenvalue weighted by Crippen LogP contribution is -2.13. The van der Waals surface area contributed by atoms with Crippen LogP contribution in [0.4, 0.5) is 5.69 Å². The molecular weight excluding hydrogens is 505 g/mol. The summed E-state index contributed by atoms with van der Waals surface area (Å²) in [6, 6.07) is 15.3. The number of halogens is 2. The molecular formula is C26H23Cl2N3O5. The highest BCUT2D eigenvalue weighted by molar-refractivity contribution is 6.35. The maximum atomic E-state index is 12.9. The van der Waals surface area contributed by atoms with Gasteiger partial charge in [0.15, 0.2) is 5.76 Å². The molecule has 0 bridgehead atoms. The number of rotatable bonds is 8. The molecule has 0 spiro atoms. The summed E-state index contributed by atoms with van der Waals surface area (Å²) in [5.74, 6) is 0.187. The normalized spacial score (nSPS) is 10.8. The highest BCUT2D eigenvalue weighted by Crippen LogP contribution is 2.28. The molecule has 8 nitrogen and oxygen atoms in total. The highest BCUT2D eigenvalue weighted by atomic mass is 35.5. The largest absolute Gasteiger partial charge is 0.484 e. The molecule has 0 aliphatic rings. The zero-order valence-corrected chi connectivity index (χ0v) is 21.3. The van der Waals surface area contributed by atoms with Crippen LogP contribution in [0.5, 0.6) is 5.75 Å². The monoisotopic (exact) mass is 527 g/mol. The Morgan fingerprint density at radius 1 is 1.08 bits per heavy atom. The first-order chi connectivity index (χ1) is 17.3. The Hall–Kier alpha value is -3.75. The fourth-order valence-corrected chi connectivity index (χ4v) is 4.12. The smallest absolute Gasteiger partial charge is 0.338 e. The molecule has 4 rings (SSSR count). The van der Waals surface area contributed by atoms with Crippen molar-refractivity contribution in [1.82, 2.24) is 9.78 Å². The Bertz CT molecular complexity index is 1430. The lowest BCUT2D eigenvalue weighted by atomic mass is 10.1. The van der Waals surface area contributed by atoms with Gasteiger partial charge in [-0.1, -0.05) is 41.4 Å². The summed E-state index contributed by atoms with van der Waals surface area (Å²) in [4.78, 5) is 25.0. The maximum absolute atomic E-state index is 12.9. The van der Waals surface area contributed by atoms with Crippen LogP contribution in [-0.4, -0.2) is 28.8 Å². The number of carbonyl (C=O) groups is 2. The van der Waals surface area contributed by atoms with E-state index in [4.69, 9.17) is 37.1 Å². The molecule has 0 aliphatic carbocycles. The van der Waals surface area contributed by atoms with Gasteiger partial charge in [0.25, 0.3) is 5.91 Å². The zero-order valence-electron chi connectivity index (χ0n) is 19.8. The van der Waals surface area contributed by atoms with Gasteiger partial charge in [0.2, 0.25) is 0 Å². The van der Waals surface area contributed by atoms with E-state index in [9.17, 15) is 9.59 Å². The minimum absolute atomic E-state index is 0.0875. The maximum Gasteiger partial charge on any atom is 0.338 e. The van der Waals surface area contributed by atoms with Crippen LogP contribution in [0.15, 0.2) is 59.0 Å². The Morgan fingerprint density at radius 2 is 1.86 bits per heavy atom. The summed E-state index contributed by atoms with van der Waals surface area (Å²) < 4.78 is 17.9. The first kappa shape index (κ1) is 25.3. The minimum atomic E-state index is -0.425. The summed E-state index contributed by atoms with van der Waals surface area (Å²) in [5.41, 5.74) is 3.14. The van der Waals surface area contributed by atoms with Crippen LogP contribution in [0, 0.1) is 13.8 Å². The predicted octanol–water partition coefficient (Wildman–Crippen LogP) is 6.07. The molecule has 10 heteroatoms. The molecule has 0 aliphatic heterocycles. The fraction of sp³-hybridized carbons (Fsp3) is 0.192. The summed E-state index contributed by atoms with van der Waals surface area (Å²) in [6.45, 7) is 4.06. The number of nitrogens with one attached hydrogen (secondary N) is 1. The number of nitrogens with zero attached hydrogens (tertiary/aromatic N) is 2. The van der Waals surface area contributed by atoms with Crippen molar-refractivity contribution in [2.75, 3.05) is 12.4 Å². The van der Waals surface area contributed by atoms with Gasteiger partial charge in [-0.05, 0) is 55.8 Å². The number of anilines is 1. The lowest BCUT2D eigenvalue weighted by molar-refractivity contribution is 0.0599. The Balaban J connectivity index is 1.45. The van der Waals surface area contributed by atoms with Crippen LogP contribution in [-0.2, 0) is 17.9 Å². The second-order valence-corrected chi connectivity index (χ2v) is 8.78. The third-order valence-corrected chi connectivity index (χ3v) is 6.04. The standard InChI is InChI=1S/C26H23Cl2N3O5/c1-15-24(16(2)31(30-15)13-17-6-4-5-7-20(17)26(33)34-3)29-25(32)23-11-9-19(36-23)14-35-22-10-8-18(27)12-21(22)28/h4-12H,13-14H2,1-3H3,(H,29,32). The zero-order chi connectivity index (χ0) is 25.8. The average molecular weight is 528 g/mol. The van der Waals surface area contributed by atoms with Gasteiger partial charge in [0.05, 0.1) is 41.3 Å². The number of benzene rings is 2. The Labute approximate surface area is 217 Å². The molecule has 186 valence electrons. The molecule has 2 aromatic carbocycles. The van der Waals surface area contributed by atoms with Crippen molar-refractivity contribution in [2.24, 2.45) is 0 Å². The van der Waals surface area contributed by atoms with Gasteiger partial charge in [-0.3, -0.25) is 9.48 Å². The van der Waals surface area contributed by atoms with E-state index in [0.29, 0.717) is 45.0 Å². The lowest BCUT2D eigenvalue weighted by Gasteiger charge is -2.10. The van der Waals surface area contributed by atoms with Crippen molar-refractivity contribution in [3.8, 4) is 5.75 Å². The highest BCUT2D eigenvalue weighted by Gasteiger charge is 2.19. The Morgan fingerprint density at radius 3 is 2.61 bits per heavy atom. The van der Waals surface area contributed by atoms with Crippen LogP contribution in [0.1, 0.15) is 43.6 Å². The van der Waals surface area contributed by atoms with Gasteiger partial charge in [0.1, 0.15) is 18.1 Å². The molecule has 0 radical (unpaired) electrons. The first-order valence-electron chi connectivity index (χ1n) is 10.9. The van der Waals surface area contributed by atoms with Crippen molar-refractivity contribution in [3.05, 3.63) is 98.7 Å². The van der Waals surface area contributed by atoms with Crippen LogP contribution in [0.3, 0.4) is 0 Å². The molecule has 1 N–H and O–H groups in total. The number of hydrogen-bond donors (Lipinski definition) is 1. The minimum Gasteiger partial charge on any atom is -0.484 e. The third kappa shape index (κ3) is 5.56. The van der Waals surface area contributed by atoms with E-state index in [0.717, 1.165) is 11.3 Å². The van der Waals surface area contributed by atoms with Crippen molar-refractivity contribution < 1.29 is 23.5 Å². The summed E-state index contributed by atoms with van der Waals surface area (Å²) in [6.07, 6.45) is 0. The molecule has 0 atom stereocenters. The SMILES string of the molecule is COC(=O)c1ccccc1Cn1nc(C)c(NC(=O)c2ccc(COc3ccc(Cl)cc3Cl)o2)c1C. The number of methoxy groups -OCH3 is 1. The van der Waals surface area contributed by atoms with Crippen molar-refractivity contribution in [1.29, 1.82) is 0 Å². The van der Waals surface area contributed by atoms with Gasteiger partial charge in [-0.25, -0.2) is 4.79 Å². The number of aryl methyl sites for hydroxylation is 1. The molecule has 2 aromatic heterocycles. The van der Waals surface area contributed by atoms with E-state index in [2.05, 4.69) is 10.4 Å². The second-order valence-electron chi connectivity index (χ2n) is 7.94. The third-order valence-electron chi connectivity index (χ3n) is 5.51. The van der Waals surface area contributed by atoms with Gasteiger partial charge < -0.3 is 19.2 Å². The van der Waals surface area contributed by atoms with Crippen LogP contribution in [0.25, 0.3) is 0 Å². The van der Waals surface area contributed by atoms with Crippen LogP contribution >= 0.6 is 23.2 Å². The summed E-state index contributed by atoms with van der Waals surface area (Å²) in [5, 5.41) is 8.29. The number of carbonyl (C=O) groups excluding carboxylic acids is 2. The molecule has 4 aromatic rings. The Kier molecular flexibility index (Phi) is 7.67. The molecule has 2 heterocycles. The van der Waals surface area contributed by atoms with E-state index >= 15 is 0 Å². The molecule has 0 saturated carbocycles. The second kappa shape index (κ2) is 10.9. The van der Waals surface area contributed by atoms with Gasteiger partial charge in [0, 0.05) is 5.02 Å². The number of hydrogen-bond acceptors (Lipinski definition) is 6. The molecule has 0 fully saturated rings. The average Bonchev–Trinajstić information content (AvgIpc) is 3.44. The van der Waals surface area contributed by atoms with Crippen LogP contribution in [0.2, 0.25) is 10.0 Å². The van der Waals surface area contributed by atoms with Gasteiger partial charge in [-0.15, -0.1) is 0 Å². The van der Waals surface area contributed by atoms with Crippen molar-refractivity contribution >= 4 is 40.8 Å². The van der Waals surface area contributed by atoms with E-state index in [1.54, 1.807) is 54.1 Å². The number of furan rings is 1. The number of ether oxygens (including phenoxy) is 2. The molecule has 0 saturated heterocycles. The summed E-state index contributed by atoms with van der Waals surface area (Å²) in [7, 11) is 1.34. The van der Waals surface area contributed by atoms with E-state index in [1.165, 1.54) is 7.11 Å². The summed E-state index contributed by atoms with van der Waals surface area (Å²) >= 11 is 12.0. The van der Waals surface area contributed by atoms with Crippen molar-refractivity contribution in [3.63, 3.8) is 0 Å². The molecule has 1 amide bonds. The topological polar surface area (TPSA) is 95.6 Å². The quantitative estimate of drug-likeness (QED) is 0.279. The van der Waals surface area contributed by atoms with Crippen molar-refractivity contribution in [2.45, 2.75) is 27.0 Å². The van der Waals surface area contributed by atoms with E-state index in [-0.39, 0.29) is 12.4 Å². The van der Waals surface area contributed by atoms with E-state index < -0.39 is 11.9 Å². The van der Waals surface area contributed by atoms with Crippen LogP contribution < -0.4 is 10.1 Å². The molecule has 36 heavy (non-hydrogen) atoms. The van der Waals surface area contributed by atoms with Gasteiger partial charge in [-0.2, -0.15) is 5.10 Å².